The van der Waals surface area contributed by atoms with E-state index in [2.05, 4.69) is 14.9 Å². The summed E-state index contributed by atoms with van der Waals surface area (Å²) < 4.78 is 44.2. The molecule has 0 saturated carbocycles. The Morgan fingerprint density at radius 2 is 1.87 bits per heavy atom. The largest absolute Gasteiger partial charge is 0.387 e. The summed E-state index contributed by atoms with van der Waals surface area (Å²) in [6.45, 7) is 1.34. The van der Waals surface area contributed by atoms with E-state index in [0.717, 1.165) is 60.6 Å². The minimum atomic E-state index is -0.964. The lowest BCUT2D eigenvalue weighted by atomic mass is 10.0. The fourth-order valence-corrected chi connectivity index (χ4v) is 5.94. The number of hydrogen-bond acceptors (Lipinski definition) is 7. The average molecular weight is 559 g/mol. The first-order chi connectivity index (χ1) is 18.5. The second kappa shape index (κ2) is 10.5. The van der Waals surface area contributed by atoms with Gasteiger partial charge in [-0.2, -0.15) is 0 Å². The van der Waals surface area contributed by atoms with Gasteiger partial charge in [0.15, 0.2) is 11.4 Å². The molecule has 206 valence electrons. The van der Waals surface area contributed by atoms with E-state index in [1.54, 1.807) is 26.5 Å². The number of anilines is 1. The van der Waals surface area contributed by atoms with Gasteiger partial charge in [-0.1, -0.05) is 0 Å². The SMILES string of the molecule is CSc1cc(F)c(-c2nc(C(=O)[N+](C)(C)c3cnc4c(c3N3CCCC(N)C3)CCC4O)ccc2F)c(F)c1. The molecular weight excluding hydrogens is 527 g/mol. The molecular formula is C28H31F3N5O2S+. The number of thioether (sulfide) groups is 1. The van der Waals surface area contributed by atoms with Crippen LogP contribution in [0, 0.1) is 17.5 Å². The quantitative estimate of drug-likeness (QED) is 0.349. The van der Waals surface area contributed by atoms with E-state index in [0.29, 0.717) is 35.7 Å². The summed E-state index contributed by atoms with van der Waals surface area (Å²) in [5.74, 6) is -3.38. The molecule has 0 spiro atoms. The van der Waals surface area contributed by atoms with Gasteiger partial charge in [0.2, 0.25) is 0 Å². The number of carbonyl (C=O) groups is 1. The monoisotopic (exact) mass is 558 g/mol. The van der Waals surface area contributed by atoms with Crippen LogP contribution in [-0.4, -0.2) is 60.5 Å². The fourth-order valence-electron chi connectivity index (χ4n) is 5.50. The van der Waals surface area contributed by atoms with E-state index in [4.69, 9.17) is 5.73 Å². The van der Waals surface area contributed by atoms with Crippen LogP contribution in [-0.2, 0) is 6.42 Å². The smallest absolute Gasteiger partial charge is 0.369 e. The molecule has 1 fully saturated rings. The van der Waals surface area contributed by atoms with E-state index >= 15 is 0 Å². The number of benzene rings is 1. The molecule has 7 nitrogen and oxygen atoms in total. The number of aliphatic hydroxyl groups is 1. The number of aliphatic hydroxyl groups excluding tert-OH is 1. The standard InChI is InChI=1S/C28H31F3N5O2S/c1-36(2,22-13-33-25-17(6-9-23(25)37)27(22)35-10-4-5-15(32)14-35)28(38)21-8-7-18(29)26(34-21)24-19(30)11-16(39-3)12-20(24)31/h7-8,11-13,15,23,37H,4-6,9-10,14,32H2,1-3H3/q+1. The second-order valence-corrected chi connectivity index (χ2v) is 11.4. The van der Waals surface area contributed by atoms with Crippen molar-refractivity contribution in [2.24, 2.45) is 5.73 Å². The number of fused-ring (bicyclic) bond motifs is 1. The molecule has 2 unspecified atom stereocenters. The minimum Gasteiger partial charge on any atom is -0.387 e. The highest BCUT2D eigenvalue weighted by molar-refractivity contribution is 7.98. The maximum atomic E-state index is 14.9. The van der Waals surface area contributed by atoms with Crippen LogP contribution in [0.2, 0.25) is 0 Å². The Bertz CT molecular complexity index is 1430. The minimum absolute atomic E-state index is 0.0309. The van der Waals surface area contributed by atoms with Gasteiger partial charge in [0.05, 0.1) is 37.7 Å². The van der Waals surface area contributed by atoms with Crippen LogP contribution in [0.3, 0.4) is 0 Å². The molecule has 5 rings (SSSR count). The van der Waals surface area contributed by atoms with Crippen molar-refractivity contribution in [2.75, 3.05) is 38.3 Å². The number of amides is 1. The zero-order valence-electron chi connectivity index (χ0n) is 22.0. The van der Waals surface area contributed by atoms with Crippen LogP contribution in [0.5, 0.6) is 0 Å². The Hall–Kier alpha value is -2.99. The summed E-state index contributed by atoms with van der Waals surface area (Å²) in [5.41, 5.74) is 7.83. The van der Waals surface area contributed by atoms with Crippen molar-refractivity contribution in [1.29, 1.82) is 0 Å². The summed E-state index contributed by atoms with van der Waals surface area (Å²) in [4.78, 5) is 25.1. The van der Waals surface area contributed by atoms with Crippen LogP contribution in [0.25, 0.3) is 11.3 Å². The first-order valence-electron chi connectivity index (χ1n) is 12.8. The Labute approximate surface area is 229 Å². The van der Waals surface area contributed by atoms with E-state index in [1.807, 2.05) is 0 Å². The van der Waals surface area contributed by atoms with Gasteiger partial charge < -0.3 is 15.7 Å². The van der Waals surface area contributed by atoms with Crippen LogP contribution >= 0.6 is 11.8 Å². The van der Waals surface area contributed by atoms with Gasteiger partial charge in [-0.15, -0.1) is 11.8 Å². The van der Waals surface area contributed by atoms with Crippen LogP contribution in [0.1, 0.15) is 47.1 Å². The highest BCUT2D eigenvalue weighted by atomic mass is 32.2. The van der Waals surface area contributed by atoms with Crippen molar-refractivity contribution in [3.05, 3.63) is 64.9 Å². The molecule has 1 amide bonds. The van der Waals surface area contributed by atoms with E-state index in [1.165, 1.54) is 6.07 Å². The number of pyridine rings is 2. The third kappa shape index (κ3) is 4.93. The van der Waals surface area contributed by atoms with Crippen molar-refractivity contribution < 1.29 is 23.1 Å². The lowest BCUT2D eigenvalue weighted by molar-refractivity contribution is 0.0826. The summed E-state index contributed by atoms with van der Waals surface area (Å²) in [6.07, 6.45) is 5.51. The van der Waals surface area contributed by atoms with Gasteiger partial charge >= 0.3 is 5.91 Å². The van der Waals surface area contributed by atoms with Crippen molar-refractivity contribution in [3.8, 4) is 11.3 Å². The molecule has 0 bridgehead atoms. The molecule has 0 radical (unpaired) electrons. The molecule has 3 N–H and O–H groups in total. The zero-order chi connectivity index (χ0) is 28.1. The van der Waals surface area contributed by atoms with Crippen LogP contribution in [0.4, 0.5) is 24.5 Å². The molecule has 2 aromatic heterocycles. The predicted octanol–water partition coefficient (Wildman–Crippen LogP) is 4.60. The molecule has 1 aliphatic carbocycles. The van der Waals surface area contributed by atoms with Gasteiger partial charge in [-0.25, -0.2) is 27.4 Å². The number of nitrogens with zero attached hydrogens (tertiary/aromatic N) is 4. The van der Waals surface area contributed by atoms with Crippen molar-refractivity contribution >= 4 is 29.0 Å². The molecule has 11 heteroatoms. The number of halogens is 3. The van der Waals surface area contributed by atoms with Gasteiger partial charge in [-0.05, 0) is 56.2 Å². The van der Waals surface area contributed by atoms with Gasteiger partial charge in [0.1, 0.15) is 28.8 Å². The summed E-state index contributed by atoms with van der Waals surface area (Å²) in [5, 5.41) is 10.5. The first kappa shape index (κ1) is 27.6. The van der Waals surface area contributed by atoms with E-state index < -0.39 is 40.7 Å². The Morgan fingerprint density at radius 3 is 2.54 bits per heavy atom. The lowest BCUT2D eigenvalue weighted by Crippen LogP contribution is -2.50. The molecule has 2 aliphatic rings. The Balaban J connectivity index is 1.60. The fraction of sp³-hybridized carbons (Fsp3) is 0.393. The van der Waals surface area contributed by atoms with Gasteiger partial charge in [0, 0.05) is 29.6 Å². The molecule has 3 aromatic rings. The number of piperidine rings is 1. The number of rotatable bonds is 5. The third-order valence-corrected chi connectivity index (χ3v) is 8.29. The number of quaternary nitrogens is 1. The predicted molar refractivity (Wildman–Crippen MR) is 146 cm³/mol. The van der Waals surface area contributed by atoms with Gasteiger partial charge in [-0.3, -0.25) is 4.98 Å². The Kier molecular flexibility index (Phi) is 7.45. The number of hydrogen-bond donors (Lipinski definition) is 2. The topological polar surface area (TPSA) is 92.3 Å². The number of nitrogens with two attached hydrogens (primary N) is 1. The normalized spacial score (nSPS) is 19.3. The average Bonchev–Trinajstić information content (AvgIpc) is 3.28. The molecule has 1 aliphatic heterocycles. The highest BCUT2D eigenvalue weighted by Gasteiger charge is 2.40. The van der Waals surface area contributed by atoms with E-state index in [-0.39, 0.29) is 16.2 Å². The first-order valence-corrected chi connectivity index (χ1v) is 14.0. The maximum Gasteiger partial charge on any atom is 0.369 e. The van der Waals surface area contributed by atoms with Crippen LogP contribution in [0.15, 0.2) is 35.4 Å². The van der Waals surface area contributed by atoms with Crippen LogP contribution < -0.4 is 15.1 Å². The molecule has 1 saturated heterocycles. The summed E-state index contributed by atoms with van der Waals surface area (Å²) in [7, 11) is 3.34. The van der Waals surface area contributed by atoms with Crippen molar-refractivity contribution in [3.63, 3.8) is 0 Å². The highest BCUT2D eigenvalue weighted by Crippen LogP contribution is 2.44. The van der Waals surface area contributed by atoms with Crippen molar-refractivity contribution in [1.82, 2.24) is 14.5 Å². The van der Waals surface area contributed by atoms with E-state index in [9.17, 15) is 23.1 Å². The number of carbonyl (C=O) groups excluding carboxylic acids is 1. The zero-order valence-corrected chi connectivity index (χ0v) is 22.9. The lowest BCUT2D eigenvalue weighted by Gasteiger charge is -2.37. The van der Waals surface area contributed by atoms with Crippen molar-refractivity contribution in [2.45, 2.75) is 42.7 Å². The number of aromatic nitrogens is 2. The van der Waals surface area contributed by atoms with Gasteiger partial charge in [0.25, 0.3) is 0 Å². The molecule has 2 atom stereocenters. The Morgan fingerprint density at radius 1 is 1.15 bits per heavy atom. The molecule has 39 heavy (non-hydrogen) atoms. The summed E-state index contributed by atoms with van der Waals surface area (Å²) in [6, 6.07) is 4.40. The second-order valence-electron chi connectivity index (χ2n) is 10.5. The third-order valence-electron chi connectivity index (χ3n) is 7.58. The summed E-state index contributed by atoms with van der Waals surface area (Å²) >= 11 is 1.15. The molecule has 3 heterocycles. The maximum absolute atomic E-state index is 14.9. The molecule has 1 aromatic carbocycles.